The Morgan fingerprint density at radius 2 is 2.28 bits per heavy atom. The summed E-state index contributed by atoms with van der Waals surface area (Å²) in [4.78, 5) is 13.0. The first-order valence-corrected chi connectivity index (χ1v) is 6.30. The van der Waals surface area contributed by atoms with Crippen molar-refractivity contribution in [2.24, 2.45) is 0 Å². The lowest BCUT2D eigenvalue weighted by atomic mass is 10.1. The molecule has 1 aromatic carbocycles. The number of nitrogens with one attached hydrogen (secondary N) is 1. The molecular weight excluding hydrogens is 231 g/mol. The first-order chi connectivity index (χ1) is 8.59. The SMILES string of the molecule is CN(C)C(=O)CCNC1CCc2c(F)cccc21. The quantitative estimate of drug-likeness (QED) is 0.885. The summed E-state index contributed by atoms with van der Waals surface area (Å²) in [6.45, 7) is 0.637. The highest BCUT2D eigenvalue weighted by Crippen LogP contribution is 2.32. The number of halogens is 1. The number of benzene rings is 1. The van der Waals surface area contributed by atoms with Crippen LogP contribution in [-0.2, 0) is 11.2 Å². The minimum Gasteiger partial charge on any atom is -0.349 e. The largest absolute Gasteiger partial charge is 0.349 e. The predicted molar refractivity (Wildman–Crippen MR) is 68.8 cm³/mol. The van der Waals surface area contributed by atoms with Gasteiger partial charge in [0, 0.05) is 33.1 Å². The van der Waals surface area contributed by atoms with E-state index in [1.807, 2.05) is 6.07 Å². The van der Waals surface area contributed by atoms with E-state index in [1.54, 1.807) is 25.1 Å². The summed E-state index contributed by atoms with van der Waals surface area (Å²) in [5, 5.41) is 3.34. The van der Waals surface area contributed by atoms with Crippen molar-refractivity contribution in [1.29, 1.82) is 0 Å². The fourth-order valence-electron chi connectivity index (χ4n) is 2.40. The molecule has 0 aliphatic heterocycles. The molecule has 0 heterocycles. The Bertz CT molecular complexity index is 445. The van der Waals surface area contributed by atoms with Crippen LogP contribution in [0, 0.1) is 5.82 Å². The molecule has 1 aliphatic rings. The van der Waals surface area contributed by atoms with E-state index in [1.165, 1.54) is 6.07 Å². The number of nitrogens with zero attached hydrogens (tertiary/aromatic N) is 1. The average molecular weight is 250 g/mol. The normalized spacial score (nSPS) is 17.6. The molecule has 0 saturated carbocycles. The molecule has 0 aromatic heterocycles. The van der Waals surface area contributed by atoms with Gasteiger partial charge in [-0.25, -0.2) is 4.39 Å². The van der Waals surface area contributed by atoms with Crippen LogP contribution in [0.4, 0.5) is 4.39 Å². The van der Waals surface area contributed by atoms with Crippen molar-refractivity contribution in [3.63, 3.8) is 0 Å². The fraction of sp³-hybridized carbons (Fsp3) is 0.500. The summed E-state index contributed by atoms with van der Waals surface area (Å²) in [6.07, 6.45) is 2.17. The summed E-state index contributed by atoms with van der Waals surface area (Å²) in [5.74, 6) is 0.00105. The summed E-state index contributed by atoms with van der Waals surface area (Å²) < 4.78 is 13.5. The summed E-state index contributed by atoms with van der Waals surface area (Å²) >= 11 is 0. The van der Waals surface area contributed by atoms with Gasteiger partial charge in [-0.05, 0) is 30.0 Å². The van der Waals surface area contributed by atoms with Crippen molar-refractivity contribution in [3.8, 4) is 0 Å². The lowest BCUT2D eigenvalue weighted by Gasteiger charge is -2.15. The van der Waals surface area contributed by atoms with E-state index in [0.29, 0.717) is 13.0 Å². The van der Waals surface area contributed by atoms with Crippen LogP contribution >= 0.6 is 0 Å². The molecule has 1 amide bonds. The van der Waals surface area contributed by atoms with E-state index >= 15 is 0 Å². The highest BCUT2D eigenvalue weighted by molar-refractivity contribution is 5.75. The van der Waals surface area contributed by atoms with Crippen LogP contribution in [0.15, 0.2) is 18.2 Å². The predicted octanol–water partition coefficient (Wildman–Crippen LogP) is 1.88. The molecule has 0 bridgehead atoms. The van der Waals surface area contributed by atoms with E-state index in [2.05, 4.69) is 5.32 Å². The molecule has 0 spiro atoms. The molecule has 0 fully saturated rings. The van der Waals surface area contributed by atoms with E-state index in [4.69, 9.17) is 0 Å². The van der Waals surface area contributed by atoms with Gasteiger partial charge in [0.2, 0.25) is 5.91 Å². The number of rotatable bonds is 4. The Hall–Kier alpha value is -1.42. The van der Waals surface area contributed by atoms with Gasteiger partial charge in [0.25, 0.3) is 0 Å². The van der Waals surface area contributed by atoms with Gasteiger partial charge in [0.15, 0.2) is 0 Å². The molecule has 98 valence electrons. The van der Waals surface area contributed by atoms with Gasteiger partial charge < -0.3 is 10.2 Å². The highest BCUT2D eigenvalue weighted by Gasteiger charge is 2.24. The molecule has 1 aromatic rings. The Morgan fingerprint density at radius 1 is 1.50 bits per heavy atom. The zero-order valence-electron chi connectivity index (χ0n) is 10.9. The van der Waals surface area contributed by atoms with Gasteiger partial charge in [0.05, 0.1) is 0 Å². The van der Waals surface area contributed by atoms with E-state index in [0.717, 1.165) is 24.0 Å². The van der Waals surface area contributed by atoms with Gasteiger partial charge in [-0.15, -0.1) is 0 Å². The third-order valence-corrected chi connectivity index (χ3v) is 3.44. The molecular formula is C14H19FN2O. The van der Waals surface area contributed by atoms with Crippen LogP contribution in [0.1, 0.15) is 30.0 Å². The maximum atomic E-state index is 13.5. The van der Waals surface area contributed by atoms with Gasteiger partial charge in [-0.2, -0.15) is 0 Å². The summed E-state index contributed by atoms with van der Waals surface area (Å²) in [5.41, 5.74) is 1.88. The molecule has 1 atom stereocenters. The van der Waals surface area contributed by atoms with Crippen LogP contribution < -0.4 is 5.32 Å². The summed E-state index contributed by atoms with van der Waals surface area (Å²) in [6, 6.07) is 5.41. The Kier molecular flexibility index (Phi) is 3.97. The Labute approximate surface area is 107 Å². The van der Waals surface area contributed by atoms with Crippen LogP contribution in [0.3, 0.4) is 0 Å². The Morgan fingerprint density at radius 3 is 3.00 bits per heavy atom. The molecule has 1 N–H and O–H groups in total. The standard InChI is InChI=1S/C14H19FN2O/c1-17(2)14(18)8-9-16-13-7-6-10-11(13)4-3-5-12(10)15/h3-5,13,16H,6-9H2,1-2H3. The second-order valence-electron chi connectivity index (χ2n) is 4.89. The number of fused-ring (bicyclic) bond motifs is 1. The minimum atomic E-state index is -0.110. The average Bonchev–Trinajstić information content (AvgIpc) is 2.74. The fourth-order valence-corrected chi connectivity index (χ4v) is 2.40. The first-order valence-electron chi connectivity index (χ1n) is 6.30. The van der Waals surface area contributed by atoms with Gasteiger partial charge in [0.1, 0.15) is 5.82 Å². The van der Waals surface area contributed by atoms with Crippen molar-refractivity contribution in [1.82, 2.24) is 10.2 Å². The maximum absolute atomic E-state index is 13.5. The second kappa shape index (κ2) is 5.48. The number of amides is 1. The van der Waals surface area contributed by atoms with Gasteiger partial charge in [-0.3, -0.25) is 4.79 Å². The van der Waals surface area contributed by atoms with Crippen molar-refractivity contribution in [3.05, 3.63) is 35.1 Å². The molecule has 18 heavy (non-hydrogen) atoms. The van der Waals surface area contributed by atoms with Crippen LogP contribution in [0.25, 0.3) is 0 Å². The first kappa shape index (κ1) is 13.0. The molecule has 1 aliphatic carbocycles. The highest BCUT2D eigenvalue weighted by atomic mass is 19.1. The lowest BCUT2D eigenvalue weighted by Crippen LogP contribution is -2.28. The smallest absolute Gasteiger partial charge is 0.223 e. The number of carbonyl (C=O) groups is 1. The van der Waals surface area contributed by atoms with Gasteiger partial charge in [-0.1, -0.05) is 12.1 Å². The Balaban J connectivity index is 1.91. The zero-order valence-corrected chi connectivity index (χ0v) is 10.9. The molecule has 1 unspecified atom stereocenters. The number of hydrogen-bond acceptors (Lipinski definition) is 2. The molecule has 0 saturated heterocycles. The van der Waals surface area contributed by atoms with Crippen molar-refractivity contribution in [2.75, 3.05) is 20.6 Å². The van der Waals surface area contributed by atoms with E-state index < -0.39 is 0 Å². The zero-order chi connectivity index (χ0) is 13.1. The molecule has 0 radical (unpaired) electrons. The minimum absolute atomic E-state index is 0.110. The van der Waals surface area contributed by atoms with Crippen molar-refractivity contribution < 1.29 is 9.18 Å². The van der Waals surface area contributed by atoms with Crippen molar-refractivity contribution >= 4 is 5.91 Å². The van der Waals surface area contributed by atoms with Crippen LogP contribution in [0.5, 0.6) is 0 Å². The molecule has 2 rings (SSSR count). The molecule has 4 heteroatoms. The maximum Gasteiger partial charge on any atom is 0.223 e. The van der Waals surface area contributed by atoms with E-state index in [-0.39, 0.29) is 17.8 Å². The second-order valence-corrected chi connectivity index (χ2v) is 4.89. The lowest BCUT2D eigenvalue weighted by molar-refractivity contribution is -0.128. The summed E-state index contributed by atoms with van der Waals surface area (Å²) in [7, 11) is 3.51. The number of hydrogen-bond donors (Lipinski definition) is 1. The van der Waals surface area contributed by atoms with Crippen molar-refractivity contribution in [2.45, 2.75) is 25.3 Å². The van der Waals surface area contributed by atoms with E-state index in [9.17, 15) is 9.18 Å². The van der Waals surface area contributed by atoms with Crippen LogP contribution in [0.2, 0.25) is 0 Å². The monoisotopic (exact) mass is 250 g/mol. The van der Waals surface area contributed by atoms with Gasteiger partial charge >= 0.3 is 0 Å². The third kappa shape index (κ3) is 2.70. The topological polar surface area (TPSA) is 32.3 Å². The molecule has 3 nitrogen and oxygen atoms in total. The van der Waals surface area contributed by atoms with Crippen LogP contribution in [-0.4, -0.2) is 31.4 Å². The number of carbonyl (C=O) groups excluding carboxylic acids is 1. The third-order valence-electron chi connectivity index (χ3n) is 3.44.